The van der Waals surface area contributed by atoms with E-state index in [-0.39, 0.29) is 5.57 Å². The summed E-state index contributed by atoms with van der Waals surface area (Å²) in [5, 5.41) is 18.2. The molecule has 5 aromatic rings. The number of rotatable bonds is 5. The van der Waals surface area contributed by atoms with Crippen LogP contribution in [0.25, 0.3) is 28.3 Å². The van der Waals surface area contributed by atoms with Crippen molar-refractivity contribution in [1.29, 1.82) is 5.26 Å². The Labute approximate surface area is 243 Å². The summed E-state index contributed by atoms with van der Waals surface area (Å²) in [4.78, 5) is 21.2. The molecule has 0 spiro atoms. The molecule has 2 aromatic heterocycles. The number of benzene rings is 3. The highest BCUT2D eigenvalue weighted by Crippen LogP contribution is 2.20. The summed E-state index contributed by atoms with van der Waals surface area (Å²) in [7, 11) is 0. The first-order valence-corrected chi connectivity index (χ1v) is 12.9. The van der Waals surface area contributed by atoms with Crippen LogP contribution in [0.5, 0.6) is 0 Å². The van der Waals surface area contributed by atoms with Crippen molar-refractivity contribution in [2.45, 2.75) is 0 Å². The molecule has 198 valence electrons. The molecule has 5 rings (SSSR count). The second kappa shape index (κ2) is 13.1. The monoisotopic (exact) mass is 542 g/mol. The number of hydrogen-bond donors (Lipinski definition) is 1. The van der Waals surface area contributed by atoms with Crippen LogP contribution in [0, 0.1) is 35.3 Å². The molecule has 42 heavy (non-hydrogen) atoms. The average Bonchev–Trinajstić information content (AvgIpc) is 3.05. The molecule has 3 aromatic carbocycles. The summed E-state index contributed by atoms with van der Waals surface area (Å²) < 4.78 is 0. The molecule has 0 aliphatic carbocycles. The van der Waals surface area contributed by atoms with E-state index in [0.717, 1.165) is 33.4 Å². The molecule has 0 aliphatic heterocycles. The third-order valence-electron chi connectivity index (χ3n) is 6.20. The maximum absolute atomic E-state index is 11.2. The second-order valence-corrected chi connectivity index (χ2v) is 9.01. The Morgan fingerprint density at radius 3 is 1.60 bits per heavy atom. The molecular formula is C36H22N4O2. The lowest BCUT2D eigenvalue weighted by molar-refractivity contribution is -0.132. The molecule has 2 heterocycles. The molecule has 0 aliphatic rings. The minimum absolute atomic E-state index is 0.344. The normalized spacial score (nSPS) is 10.3. The molecular weight excluding hydrogens is 520 g/mol. The largest absolute Gasteiger partial charge is 0.477 e. The molecule has 0 unspecified atom stereocenters. The number of aliphatic carboxylic acids is 1. The number of anilines is 1. The van der Waals surface area contributed by atoms with Crippen LogP contribution < -0.4 is 4.90 Å². The van der Waals surface area contributed by atoms with E-state index in [1.54, 1.807) is 47.6 Å². The van der Waals surface area contributed by atoms with E-state index in [1.807, 2.05) is 85.2 Å². The third-order valence-corrected chi connectivity index (χ3v) is 6.20. The predicted molar refractivity (Wildman–Crippen MR) is 163 cm³/mol. The van der Waals surface area contributed by atoms with Crippen LogP contribution in [-0.4, -0.2) is 21.0 Å². The standard InChI is InChI=1S/C36H22N4O2/c37-24-34(36(41)42)23-29-9-15-35(16-10-29)40(21-17-27-5-11-30(12-6-27)32-3-1-19-38-25-32)22-18-28-7-13-31(14-8-28)33-4-2-20-39-26-33/h1-16,19-20,23,25-26H,(H,41,42)/b34-23+. The highest BCUT2D eigenvalue weighted by Gasteiger charge is 2.07. The molecule has 0 fully saturated rings. The lowest BCUT2D eigenvalue weighted by atomic mass is 10.1. The van der Waals surface area contributed by atoms with Crippen LogP contribution in [0.3, 0.4) is 0 Å². The van der Waals surface area contributed by atoms with Crippen LogP contribution in [0.2, 0.25) is 0 Å². The van der Waals surface area contributed by atoms with Gasteiger partial charge in [-0.3, -0.25) is 9.97 Å². The van der Waals surface area contributed by atoms with E-state index < -0.39 is 5.97 Å². The molecule has 0 saturated heterocycles. The maximum Gasteiger partial charge on any atom is 0.346 e. The highest BCUT2D eigenvalue weighted by molar-refractivity contribution is 5.96. The van der Waals surface area contributed by atoms with Crippen LogP contribution in [0.4, 0.5) is 5.69 Å². The van der Waals surface area contributed by atoms with E-state index in [0.29, 0.717) is 11.3 Å². The van der Waals surface area contributed by atoms with Crippen LogP contribution in [-0.2, 0) is 4.79 Å². The summed E-state index contributed by atoms with van der Waals surface area (Å²) in [6.07, 6.45) is 8.44. The Bertz CT molecular complexity index is 1780. The number of carboxylic acids is 1. The fourth-order valence-corrected chi connectivity index (χ4v) is 3.99. The Morgan fingerprint density at radius 1 is 0.690 bits per heavy atom. The van der Waals surface area contributed by atoms with Gasteiger partial charge in [0.15, 0.2) is 0 Å². The number of hydrogen-bond acceptors (Lipinski definition) is 5. The summed E-state index contributed by atoms with van der Waals surface area (Å²) in [5.74, 6) is 5.08. The molecule has 0 saturated carbocycles. The fourth-order valence-electron chi connectivity index (χ4n) is 3.99. The molecule has 6 heteroatoms. The smallest absolute Gasteiger partial charge is 0.346 e. The van der Waals surface area contributed by atoms with Crippen LogP contribution >= 0.6 is 0 Å². The van der Waals surface area contributed by atoms with E-state index in [4.69, 9.17) is 10.4 Å². The van der Waals surface area contributed by atoms with Gasteiger partial charge in [-0.15, -0.1) is 0 Å². The van der Waals surface area contributed by atoms with Gasteiger partial charge < -0.3 is 5.11 Å². The van der Waals surface area contributed by atoms with E-state index >= 15 is 0 Å². The Kier molecular flexibility index (Phi) is 8.46. The van der Waals surface area contributed by atoms with E-state index in [9.17, 15) is 4.79 Å². The van der Waals surface area contributed by atoms with Gasteiger partial charge in [-0.05, 0) is 94.3 Å². The van der Waals surface area contributed by atoms with Gasteiger partial charge in [0.05, 0.1) is 5.69 Å². The molecule has 0 amide bonds. The lowest BCUT2D eigenvalue weighted by Crippen LogP contribution is -2.08. The minimum Gasteiger partial charge on any atom is -0.477 e. The number of carboxylic acid groups (broad SMARTS) is 1. The number of aromatic nitrogens is 2. The van der Waals surface area contributed by atoms with Crippen molar-refractivity contribution in [2.24, 2.45) is 0 Å². The van der Waals surface area contributed by atoms with Crippen LogP contribution in [0.1, 0.15) is 16.7 Å². The first-order valence-electron chi connectivity index (χ1n) is 12.9. The molecule has 0 radical (unpaired) electrons. The van der Waals surface area contributed by atoms with E-state index in [1.165, 1.54) is 6.08 Å². The topological polar surface area (TPSA) is 90.1 Å². The Hall–Kier alpha value is -6.42. The Balaban J connectivity index is 1.44. The number of pyridine rings is 2. The SMILES string of the molecule is N#C/C(=C\c1ccc(N(C#Cc2ccc(-c3cccnc3)cc2)C#Cc2ccc(-c3cccnc3)cc2)cc1)C(=O)O. The van der Waals surface area contributed by atoms with Crippen molar-refractivity contribution < 1.29 is 9.90 Å². The number of nitrogens with zero attached hydrogens (tertiary/aromatic N) is 4. The number of nitriles is 1. The molecule has 1 N–H and O–H groups in total. The quantitative estimate of drug-likeness (QED) is 0.116. The second-order valence-electron chi connectivity index (χ2n) is 9.01. The van der Waals surface area contributed by atoms with Gasteiger partial charge in [0.2, 0.25) is 0 Å². The van der Waals surface area contributed by atoms with Crippen molar-refractivity contribution in [2.75, 3.05) is 4.90 Å². The van der Waals surface area contributed by atoms with Crippen molar-refractivity contribution >= 4 is 17.7 Å². The van der Waals surface area contributed by atoms with Gasteiger partial charge in [0, 0.05) is 48.0 Å². The van der Waals surface area contributed by atoms with Gasteiger partial charge in [-0.2, -0.15) is 5.26 Å². The summed E-state index contributed by atoms with van der Waals surface area (Å²) >= 11 is 0. The van der Waals surface area contributed by atoms with Crippen molar-refractivity contribution in [3.05, 3.63) is 144 Å². The van der Waals surface area contributed by atoms with Gasteiger partial charge in [-0.25, -0.2) is 9.69 Å². The first kappa shape index (κ1) is 27.2. The van der Waals surface area contributed by atoms with E-state index in [2.05, 4.69) is 33.9 Å². The lowest BCUT2D eigenvalue weighted by Gasteiger charge is -2.10. The van der Waals surface area contributed by atoms with Gasteiger partial charge in [-0.1, -0.05) is 48.5 Å². The molecule has 0 atom stereocenters. The van der Waals surface area contributed by atoms with Crippen molar-refractivity contribution in [3.8, 4) is 52.3 Å². The molecule has 6 nitrogen and oxygen atoms in total. The van der Waals surface area contributed by atoms with Crippen LogP contribution in [0.15, 0.2) is 127 Å². The zero-order valence-electron chi connectivity index (χ0n) is 22.3. The van der Waals surface area contributed by atoms with Gasteiger partial charge >= 0.3 is 5.97 Å². The van der Waals surface area contributed by atoms with Gasteiger partial charge in [0.25, 0.3) is 0 Å². The summed E-state index contributed by atoms with van der Waals surface area (Å²) in [5.41, 5.74) is 6.69. The minimum atomic E-state index is -1.27. The highest BCUT2D eigenvalue weighted by atomic mass is 16.4. The third kappa shape index (κ3) is 6.96. The maximum atomic E-state index is 11.2. The molecule has 0 bridgehead atoms. The fraction of sp³-hybridized carbons (Fsp3) is 0. The van der Waals surface area contributed by atoms with Crippen molar-refractivity contribution in [3.63, 3.8) is 0 Å². The summed E-state index contributed by atoms with van der Waals surface area (Å²) in [6, 6.07) is 38.5. The van der Waals surface area contributed by atoms with Gasteiger partial charge in [0.1, 0.15) is 11.6 Å². The Morgan fingerprint density at radius 2 is 1.19 bits per heavy atom. The van der Waals surface area contributed by atoms with Crippen molar-refractivity contribution in [1.82, 2.24) is 9.97 Å². The number of carbonyl (C=O) groups is 1. The predicted octanol–water partition coefficient (Wildman–Crippen LogP) is 6.63. The summed E-state index contributed by atoms with van der Waals surface area (Å²) in [6.45, 7) is 0. The zero-order chi connectivity index (χ0) is 29.1. The average molecular weight is 543 g/mol. The zero-order valence-corrected chi connectivity index (χ0v) is 22.3. The first-order chi connectivity index (χ1) is 20.6.